The Labute approximate surface area is 157 Å². The van der Waals surface area contributed by atoms with Gasteiger partial charge in [-0.2, -0.15) is 0 Å². The third kappa shape index (κ3) is 4.89. The van der Waals surface area contributed by atoms with Gasteiger partial charge >= 0.3 is 0 Å². The lowest BCUT2D eigenvalue weighted by Crippen LogP contribution is -2.22. The summed E-state index contributed by atoms with van der Waals surface area (Å²) in [6, 6.07) is 8.90. The van der Waals surface area contributed by atoms with Crippen molar-refractivity contribution >= 4 is 40.5 Å². The second-order valence-corrected chi connectivity index (χ2v) is 6.27. The second-order valence-electron chi connectivity index (χ2n) is 5.86. The van der Waals surface area contributed by atoms with Crippen LogP contribution in [0, 0.1) is 13.8 Å². The molecule has 0 bridgehead atoms. The molecular formula is C19H22ClN3O3. The number of anilines is 3. The van der Waals surface area contributed by atoms with Gasteiger partial charge in [-0.25, -0.2) is 0 Å². The summed E-state index contributed by atoms with van der Waals surface area (Å²) >= 11 is 6.08. The minimum absolute atomic E-state index is 0.0647. The third-order valence-corrected chi connectivity index (χ3v) is 4.25. The van der Waals surface area contributed by atoms with Crippen molar-refractivity contribution in [2.24, 2.45) is 0 Å². The highest BCUT2D eigenvalue weighted by Crippen LogP contribution is 2.31. The van der Waals surface area contributed by atoms with Crippen LogP contribution in [0.15, 0.2) is 30.3 Å². The van der Waals surface area contributed by atoms with E-state index in [1.807, 2.05) is 32.0 Å². The summed E-state index contributed by atoms with van der Waals surface area (Å²) in [5.41, 5.74) is 3.73. The molecule has 3 N–H and O–H groups in total. The first-order valence-electron chi connectivity index (χ1n) is 8.07. The Morgan fingerprint density at radius 1 is 1.08 bits per heavy atom. The van der Waals surface area contributed by atoms with E-state index in [-0.39, 0.29) is 18.4 Å². The van der Waals surface area contributed by atoms with Crippen LogP contribution in [-0.2, 0) is 9.59 Å². The summed E-state index contributed by atoms with van der Waals surface area (Å²) in [5, 5.41) is 9.22. The molecule has 0 aromatic heterocycles. The van der Waals surface area contributed by atoms with Crippen molar-refractivity contribution in [3.05, 3.63) is 46.5 Å². The Kier molecular flexibility index (Phi) is 6.46. The maximum atomic E-state index is 12.3. The molecule has 0 aliphatic carbocycles. The van der Waals surface area contributed by atoms with Crippen molar-refractivity contribution in [2.75, 3.05) is 29.6 Å². The molecule has 0 saturated carbocycles. The topological polar surface area (TPSA) is 79.5 Å². The number of methoxy groups -OCH3 is 1. The summed E-state index contributed by atoms with van der Waals surface area (Å²) in [7, 11) is 1.52. The van der Waals surface area contributed by atoms with Crippen molar-refractivity contribution in [3.8, 4) is 5.75 Å². The van der Waals surface area contributed by atoms with Gasteiger partial charge in [-0.3, -0.25) is 9.59 Å². The molecule has 2 amide bonds. The van der Waals surface area contributed by atoms with Crippen molar-refractivity contribution in [2.45, 2.75) is 20.8 Å². The SMILES string of the molecule is COc1cc(Cl)c(C)cc1NC(=O)CNc1cccc(NC(C)=O)c1C. The summed E-state index contributed by atoms with van der Waals surface area (Å²) < 4.78 is 5.26. The fraction of sp³-hybridized carbons (Fsp3) is 0.263. The maximum Gasteiger partial charge on any atom is 0.243 e. The largest absolute Gasteiger partial charge is 0.495 e. The highest BCUT2D eigenvalue weighted by Gasteiger charge is 2.11. The van der Waals surface area contributed by atoms with E-state index in [1.54, 1.807) is 12.1 Å². The smallest absolute Gasteiger partial charge is 0.243 e. The zero-order valence-electron chi connectivity index (χ0n) is 15.2. The summed E-state index contributed by atoms with van der Waals surface area (Å²) in [5.74, 6) is 0.125. The molecule has 0 saturated heterocycles. The van der Waals surface area contributed by atoms with Gasteiger partial charge in [-0.1, -0.05) is 17.7 Å². The lowest BCUT2D eigenvalue weighted by Gasteiger charge is -2.15. The first-order chi connectivity index (χ1) is 12.3. The van der Waals surface area contributed by atoms with Gasteiger partial charge in [0, 0.05) is 29.4 Å². The molecule has 0 radical (unpaired) electrons. The summed E-state index contributed by atoms with van der Waals surface area (Å²) in [4.78, 5) is 23.5. The fourth-order valence-corrected chi connectivity index (χ4v) is 2.61. The van der Waals surface area contributed by atoms with Crippen LogP contribution >= 0.6 is 11.6 Å². The number of amides is 2. The number of ether oxygens (including phenoxy) is 1. The van der Waals surface area contributed by atoms with E-state index in [1.165, 1.54) is 14.0 Å². The number of rotatable bonds is 6. The number of nitrogens with one attached hydrogen (secondary N) is 3. The van der Waals surface area contributed by atoms with E-state index in [9.17, 15) is 9.59 Å². The van der Waals surface area contributed by atoms with Gasteiger partial charge in [0.05, 0.1) is 19.3 Å². The van der Waals surface area contributed by atoms with Crippen molar-refractivity contribution < 1.29 is 14.3 Å². The first kappa shape index (κ1) is 19.6. The monoisotopic (exact) mass is 375 g/mol. The predicted molar refractivity (Wildman–Crippen MR) is 105 cm³/mol. The van der Waals surface area contributed by atoms with Crippen LogP contribution in [0.2, 0.25) is 5.02 Å². The lowest BCUT2D eigenvalue weighted by atomic mass is 10.1. The molecule has 0 aliphatic rings. The van der Waals surface area contributed by atoms with E-state index < -0.39 is 0 Å². The molecule has 6 nitrogen and oxygen atoms in total. The van der Waals surface area contributed by atoms with Gasteiger partial charge < -0.3 is 20.7 Å². The van der Waals surface area contributed by atoms with Crippen LogP contribution in [-0.4, -0.2) is 25.5 Å². The highest BCUT2D eigenvalue weighted by molar-refractivity contribution is 6.31. The minimum atomic E-state index is -0.227. The van der Waals surface area contributed by atoms with Gasteiger partial charge in [-0.05, 0) is 43.2 Å². The zero-order chi connectivity index (χ0) is 19.3. The molecular weight excluding hydrogens is 354 g/mol. The van der Waals surface area contributed by atoms with Gasteiger partial charge in [0.1, 0.15) is 5.75 Å². The molecule has 138 valence electrons. The molecule has 0 unspecified atom stereocenters. The van der Waals surface area contributed by atoms with E-state index >= 15 is 0 Å². The average Bonchev–Trinajstić information content (AvgIpc) is 2.58. The van der Waals surface area contributed by atoms with Crippen molar-refractivity contribution in [1.82, 2.24) is 0 Å². The number of benzene rings is 2. The number of hydrogen-bond acceptors (Lipinski definition) is 4. The Hall–Kier alpha value is -2.73. The molecule has 0 spiro atoms. The Bertz CT molecular complexity index is 837. The number of carbonyl (C=O) groups excluding carboxylic acids is 2. The Morgan fingerprint density at radius 3 is 2.42 bits per heavy atom. The zero-order valence-corrected chi connectivity index (χ0v) is 16.0. The molecule has 2 rings (SSSR count). The predicted octanol–water partition coefficient (Wildman–Crippen LogP) is 3.97. The second kappa shape index (κ2) is 8.58. The van der Waals surface area contributed by atoms with Gasteiger partial charge in [0.15, 0.2) is 0 Å². The van der Waals surface area contributed by atoms with Crippen LogP contribution in [0.3, 0.4) is 0 Å². The van der Waals surface area contributed by atoms with Crippen LogP contribution < -0.4 is 20.7 Å². The maximum absolute atomic E-state index is 12.3. The molecule has 0 fully saturated rings. The number of hydrogen-bond donors (Lipinski definition) is 3. The fourth-order valence-electron chi connectivity index (χ4n) is 2.45. The average molecular weight is 376 g/mol. The van der Waals surface area contributed by atoms with Crippen LogP contribution in [0.25, 0.3) is 0 Å². The number of halogens is 1. The van der Waals surface area contributed by atoms with Crippen LogP contribution in [0.5, 0.6) is 5.75 Å². The molecule has 7 heteroatoms. The Balaban J connectivity index is 2.06. The third-order valence-electron chi connectivity index (χ3n) is 3.84. The summed E-state index contributed by atoms with van der Waals surface area (Å²) in [6.45, 7) is 5.24. The van der Waals surface area contributed by atoms with E-state index in [4.69, 9.17) is 16.3 Å². The lowest BCUT2D eigenvalue weighted by molar-refractivity contribution is -0.115. The van der Waals surface area contributed by atoms with Gasteiger partial charge in [0.25, 0.3) is 0 Å². The van der Waals surface area contributed by atoms with E-state index in [0.29, 0.717) is 22.1 Å². The molecule has 0 atom stereocenters. The highest BCUT2D eigenvalue weighted by atomic mass is 35.5. The molecule has 2 aromatic carbocycles. The Morgan fingerprint density at radius 2 is 1.77 bits per heavy atom. The molecule has 0 heterocycles. The molecule has 0 aliphatic heterocycles. The van der Waals surface area contributed by atoms with E-state index in [0.717, 1.165) is 16.8 Å². The minimum Gasteiger partial charge on any atom is -0.495 e. The van der Waals surface area contributed by atoms with Crippen LogP contribution in [0.4, 0.5) is 17.1 Å². The van der Waals surface area contributed by atoms with Crippen molar-refractivity contribution in [3.63, 3.8) is 0 Å². The van der Waals surface area contributed by atoms with E-state index in [2.05, 4.69) is 16.0 Å². The van der Waals surface area contributed by atoms with Crippen molar-refractivity contribution in [1.29, 1.82) is 0 Å². The molecule has 26 heavy (non-hydrogen) atoms. The first-order valence-corrected chi connectivity index (χ1v) is 8.44. The summed E-state index contributed by atoms with van der Waals surface area (Å²) in [6.07, 6.45) is 0. The molecule has 2 aromatic rings. The van der Waals surface area contributed by atoms with Crippen LogP contribution in [0.1, 0.15) is 18.1 Å². The number of carbonyl (C=O) groups is 2. The number of aryl methyl sites for hydroxylation is 1. The van der Waals surface area contributed by atoms with Gasteiger partial charge in [-0.15, -0.1) is 0 Å². The normalized spacial score (nSPS) is 10.2. The standard InChI is InChI=1S/C19H22ClN3O3/c1-11-8-17(18(26-4)9-14(11)20)23-19(25)10-21-15-6-5-7-16(12(15)2)22-13(3)24/h5-9,21H,10H2,1-4H3,(H,22,24)(H,23,25). The van der Waals surface area contributed by atoms with Gasteiger partial charge in [0.2, 0.25) is 11.8 Å². The quantitative estimate of drug-likeness (QED) is 0.713.